The molecule has 0 fully saturated rings. The fraction of sp³-hybridized carbons (Fsp3) is 0.857. The number of carboxylic acids is 1. The van der Waals surface area contributed by atoms with E-state index in [9.17, 15) is 9.90 Å². The smallest absolute Gasteiger partial charge is 0.307 e. The second kappa shape index (κ2) is 21.4. The SMILES string of the molecule is CCCCCCCC/C=C\CCCCCCCC([CH]C(=O)O)(CCCC)CCCC. The van der Waals surface area contributed by atoms with Gasteiger partial charge in [0.1, 0.15) is 0 Å². The third-order valence-electron chi connectivity index (χ3n) is 6.42. The molecule has 0 atom stereocenters. The number of hydrogen-bond acceptors (Lipinski definition) is 1. The Hall–Kier alpha value is -0.790. The molecule has 0 unspecified atom stereocenters. The second-order valence-electron chi connectivity index (χ2n) is 9.39. The molecule has 2 heteroatoms. The zero-order valence-electron chi connectivity index (χ0n) is 20.7. The number of carbonyl (C=O) groups is 1. The lowest BCUT2D eigenvalue weighted by molar-refractivity contribution is -0.134. The molecule has 0 aromatic heterocycles. The van der Waals surface area contributed by atoms with Crippen molar-refractivity contribution < 1.29 is 9.90 Å². The molecular weight excluding hydrogens is 368 g/mol. The molecule has 2 nitrogen and oxygen atoms in total. The Morgan fingerprint density at radius 2 is 1.00 bits per heavy atom. The van der Waals surface area contributed by atoms with Gasteiger partial charge in [-0.2, -0.15) is 0 Å². The second-order valence-corrected chi connectivity index (χ2v) is 9.39. The lowest BCUT2D eigenvalue weighted by atomic mass is 9.72. The van der Waals surface area contributed by atoms with Crippen LogP contribution in [-0.2, 0) is 4.79 Å². The molecule has 0 saturated heterocycles. The van der Waals surface area contributed by atoms with Crippen LogP contribution in [0.4, 0.5) is 0 Å². The molecule has 30 heavy (non-hydrogen) atoms. The van der Waals surface area contributed by atoms with Crippen LogP contribution in [0.5, 0.6) is 0 Å². The number of hydrogen-bond donors (Lipinski definition) is 1. The van der Waals surface area contributed by atoms with Crippen molar-refractivity contribution in [3.8, 4) is 0 Å². The van der Waals surface area contributed by atoms with Gasteiger partial charge >= 0.3 is 5.97 Å². The molecule has 1 N–H and O–H groups in total. The molecule has 0 bridgehead atoms. The minimum Gasteiger partial charge on any atom is -0.481 e. The van der Waals surface area contributed by atoms with Crippen LogP contribution in [0.3, 0.4) is 0 Å². The predicted octanol–water partition coefficient (Wildman–Crippen LogP) is 9.68. The van der Waals surface area contributed by atoms with E-state index in [4.69, 9.17) is 0 Å². The summed E-state index contributed by atoms with van der Waals surface area (Å²) in [5, 5.41) is 9.41. The molecule has 0 aromatic carbocycles. The fourth-order valence-electron chi connectivity index (χ4n) is 4.46. The van der Waals surface area contributed by atoms with Crippen LogP contribution in [0.25, 0.3) is 0 Å². The van der Waals surface area contributed by atoms with E-state index in [1.807, 2.05) is 0 Å². The molecule has 0 aliphatic heterocycles. The van der Waals surface area contributed by atoms with E-state index in [-0.39, 0.29) is 5.41 Å². The average molecular weight is 422 g/mol. The van der Waals surface area contributed by atoms with E-state index < -0.39 is 5.97 Å². The Kier molecular flexibility index (Phi) is 20.9. The van der Waals surface area contributed by atoms with Crippen LogP contribution >= 0.6 is 0 Å². The van der Waals surface area contributed by atoms with Gasteiger partial charge in [0.15, 0.2) is 0 Å². The minimum atomic E-state index is -0.727. The third kappa shape index (κ3) is 18.0. The maximum Gasteiger partial charge on any atom is 0.307 e. The van der Waals surface area contributed by atoms with E-state index >= 15 is 0 Å². The van der Waals surface area contributed by atoms with Gasteiger partial charge in [-0.1, -0.05) is 116 Å². The average Bonchev–Trinajstić information content (AvgIpc) is 2.73. The first kappa shape index (κ1) is 29.2. The van der Waals surface area contributed by atoms with Crippen molar-refractivity contribution in [2.45, 2.75) is 149 Å². The zero-order chi connectivity index (χ0) is 22.3. The first-order valence-electron chi connectivity index (χ1n) is 13.3. The Morgan fingerprint density at radius 1 is 0.600 bits per heavy atom. The number of carboxylic acid groups (broad SMARTS) is 1. The van der Waals surface area contributed by atoms with Crippen molar-refractivity contribution in [2.75, 3.05) is 0 Å². The Morgan fingerprint density at radius 3 is 1.47 bits per heavy atom. The van der Waals surface area contributed by atoms with Crippen molar-refractivity contribution in [1.29, 1.82) is 0 Å². The highest BCUT2D eigenvalue weighted by molar-refractivity contribution is 5.77. The minimum absolute atomic E-state index is 0.0723. The highest BCUT2D eigenvalue weighted by Gasteiger charge is 2.31. The monoisotopic (exact) mass is 421 g/mol. The summed E-state index contributed by atoms with van der Waals surface area (Å²) in [6.45, 7) is 6.68. The summed E-state index contributed by atoms with van der Waals surface area (Å²) in [5.41, 5.74) is -0.0723. The Bertz CT molecular complexity index is 391. The van der Waals surface area contributed by atoms with Crippen LogP contribution in [0, 0.1) is 11.8 Å². The van der Waals surface area contributed by atoms with Crippen LogP contribution in [0.15, 0.2) is 12.2 Å². The van der Waals surface area contributed by atoms with Crippen LogP contribution in [0.2, 0.25) is 0 Å². The summed E-state index contributed by atoms with van der Waals surface area (Å²) in [4.78, 5) is 11.4. The molecule has 177 valence electrons. The van der Waals surface area contributed by atoms with Gasteiger partial charge in [-0.3, -0.25) is 4.79 Å². The van der Waals surface area contributed by atoms with Gasteiger partial charge in [0, 0.05) is 0 Å². The van der Waals surface area contributed by atoms with Crippen molar-refractivity contribution in [3.63, 3.8) is 0 Å². The highest BCUT2D eigenvalue weighted by atomic mass is 16.4. The fourth-order valence-corrected chi connectivity index (χ4v) is 4.46. The van der Waals surface area contributed by atoms with Gasteiger partial charge in [0.05, 0.1) is 6.42 Å². The standard InChI is InChI=1S/C28H53O2/c1-4-7-10-11-12-13-14-15-16-17-18-19-20-21-22-25-28(23-8-5-2,24-9-6-3)26-27(29)30/h15-16,26H,4-14,17-25H2,1-3H3,(H,29,30)/b16-15-. The normalized spacial score (nSPS) is 12.1. The molecular formula is C28H53O2. The van der Waals surface area contributed by atoms with Crippen LogP contribution in [-0.4, -0.2) is 11.1 Å². The summed E-state index contributed by atoms with van der Waals surface area (Å²) < 4.78 is 0. The maximum absolute atomic E-state index is 11.4. The first-order chi connectivity index (χ1) is 14.6. The summed E-state index contributed by atoms with van der Waals surface area (Å²) >= 11 is 0. The zero-order valence-corrected chi connectivity index (χ0v) is 20.7. The molecule has 0 rings (SSSR count). The van der Waals surface area contributed by atoms with Crippen molar-refractivity contribution in [2.24, 2.45) is 5.41 Å². The summed E-state index contributed by atoms with van der Waals surface area (Å²) in [6.07, 6.45) is 31.2. The lowest BCUT2D eigenvalue weighted by Gasteiger charge is -2.32. The molecule has 0 aromatic rings. The number of aliphatic carboxylic acids is 1. The molecule has 1 radical (unpaired) electrons. The summed E-state index contributed by atoms with van der Waals surface area (Å²) in [6, 6.07) is 0. The lowest BCUT2D eigenvalue weighted by Crippen LogP contribution is -2.26. The van der Waals surface area contributed by atoms with Gasteiger partial charge in [-0.15, -0.1) is 0 Å². The summed E-state index contributed by atoms with van der Waals surface area (Å²) in [5.74, 6) is -0.727. The van der Waals surface area contributed by atoms with E-state index in [0.29, 0.717) is 0 Å². The van der Waals surface area contributed by atoms with Crippen LogP contribution in [0.1, 0.15) is 149 Å². The quantitative estimate of drug-likeness (QED) is 0.132. The molecule has 0 saturated carbocycles. The van der Waals surface area contributed by atoms with E-state index in [2.05, 4.69) is 32.9 Å². The van der Waals surface area contributed by atoms with Gasteiger partial charge in [0.25, 0.3) is 0 Å². The van der Waals surface area contributed by atoms with Gasteiger partial charge in [-0.05, 0) is 50.4 Å². The van der Waals surface area contributed by atoms with Crippen molar-refractivity contribution >= 4 is 5.97 Å². The topological polar surface area (TPSA) is 37.3 Å². The van der Waals surface area contributed by atoms with Crippen molar-refractivity contribution in [1.82, 2.24) is 0 Å². The molecule has 0 aliphatic rings. The first-order valence-corrected chi connectivity index (χ1v) is 13.3. The van der Waals surface area contributed by atoms with E-state index in [1.165, 1.54) is 83.5 Å². The Balaban J connectivity index is 3.89. The Labute approximate surface area is 189 Å². The van der Waals surface area contributed by atoms with Crippen molar-refractivity contribution in [3.05, 3.63) is 18.6 Å². The molecule has 0 aliphatic carbocycles. The molecule has 0 amide bonds. The van der Waals surface area contributed by atoms with Gasteiger partial charge in [-0.25, -0.2) is 0 Å². The number of unbranched alkanes of at least 4 members (excludes halogenated alkanes) is 13. The molecule has 0 spiro atoms. The number of allylic oxidation sites excluding steroid dienone is 2. The number of rotatable bonds is 23. The highest BCUT2D eigenvalue weighted by Crippen LogP contribution is 2.39. The van der Waals surface area contributed by atoms with Gasteiger partial charge in [0.2, 0.25) is 0 Å². The van der Waals surface area contributed by atoms with E-state index in [0.717, 1.165) is 44.9 Å². The largest absolute Gasteiger partial charge is 0.481 e. The third-order valence-corrected chi connectivity index (χ3v) is 6.42. The van der Waals surface area contributed by atoms with Gasteiger partial charge < -0.3 is 5.11 Å². The van der Waals surface area contributed by atoms with Crippen LogP contribution < -0.4 is 0 Å². The molecule has 0 heterocycles. The maximum atomic E-state index is 11.4. The predicted molar refractivity (Wildman–Crippen MR) is 133 cm³/mol. The summed E-state index contributed by atoms with van der Waals surface area (Å²) in [7, 11) is 0. The van der Waals surface area contributed by atoms with E-state index in [1.54, 1.807) is 6.42 Å².